The molecule has 1 saturated carbocycles. The molecule has 0 saturated heterocycles. The lowest BCUT2D eigenvalue weighted by atomic mass is 9.99. The molecule has 0 aromatic carbocycles. The van der Waals surface area contributed by atoms with Gasteiger partial charge in [-0.05, 0) is 19.8 Å². The minimum atomic E-state index is 0.456. The summed E-state index contributed by atoms with van der Waals surface area (Å²) in [5, 5.41) is 0. The van der Waals surface area contributed by atoms with Gasteiger partial charge in [0.05, 0.1) is 0 Å². The first kappa shape index (κ1) is 9.57. The van der Waals surface area contributed by atoms with Crippen molar-refractivity contribution in [2.24, 2.45) is 0 Å². The lowest BCUT2D eigenvalue weighted by Gasteiger charge is -2.20. The Hall–Kier alpha value is 0.480. The van der Waals surface area contributed by atoms with Crippen LogP contribution in [0, 0.1) is 0 Å². The Labute approximate surface area is 78.9 Å². The van der Waals surface area contributed by atoms with E-state index in [0.717, 1.165) is 0 Å². The van der Waals surface area contributed by atoms with Gasteiger partial charge in [0.1, 0.15) is 0 Å². The molecule has 0 atom stereocenters. The average molecular weight is 219 g/mol. The number of hydrogen-bond acceptors (Lipinski definition) is 0. The molecule has 0 nitrogen and oxygen atoms in total. The molecule has 0 heterocycles. The fourth-order valence-electron chi connectivity index (χ4n) is 1.82. The first-order valence-corrected chi connectivity index (χ1v) is 5.69. The summed E-state index contributed by atoms with van der Waals surface area (Å²) in [7, 11) is 0. The predicted molar refractivity (Wildman–Crippen MR) is 54.3 cm³/mol. The molecule has 0 radical (unpaired) electrons. The van der Waals surface area contributed by atoms with Gasteiger partial charge in [0.25, 0.3) is 0 Å². The van der Waals surface area contributed by atoms with Gasteiger partial charge in [-0.2, -0.15) is 0 Å². The fourth-order valence-corrected chi connectivity index (χ4v) is 2.38. The largest absolute Gasteiger partial charge is 0.0856 e. The van der Waals surface area contributed by atoms with Crippen LogP contribution in [0.15, 0.2) is 0 Å². The van der Waals surface area contributed by atoms with Gasteiger partial charge in [-0.25, -0.2) is 0 Å². The van der Waals surface area contributed by atoms with Crippen molar-refractivity contribution in [3.8, 4) is 0 Å². The molecule has 66 valence electrons. The van der Waals surface area contributed by atoms with Crippen LogP contribution in [0.4, 0.5) is 0 Å². The monoisotopic (exact) mass is 218 g/mol. The molecule has 0 amide bonds. The molecule has 0 aliphatic heterocycles. The molecule has 0 aromatic heterocycles. The first-order valence-electron chi connectivity index (χ1n) is 4.90. The van der Waals surface area contributed by atoms with Crippen LogP contribution in [-0.4, -0.2) is 4.32 Å². The Kier molecular flexibility index (Phi) is 3.91. The molecular formula is C10H19Br. The van der Waals surface area contributed by atoms with E-state index < -0.39 is 0 Å². The van der Waals surface area contributed by atoms with Gasteiger partial charge < -0.3 is 0 Å². The standard InChI is InChI=1S/C10H19Br/c1-10(11)8-6-4-2-3-5-7-9-10/h2-9H2,1H3. The minimum absolute atomic E-state index is 0.456. The van der Waals surface area contributed by atoms with Gasteiger partial charge in [-0.15, -0.1) is 0 Å². The SMILES string of the molecule is CC1(Br)CCCCCCCC1. The van der Waals surface area contributed by atoms with Crippen molar-refractivity contribution in [2.45, 2.75) is 62.6 Å². The Morgan fingerprint density at radius 3 is 1.64 bits per heavy atom. The molecule has 0 unspecified atom stereocenters. The van der Waals surface area contributed by atoms with Crippen LogP contribution in [-0.2, 0) is 0 Å². The summed E-state index contributed by atoms with van der Waals surface area (Å²) in [5.41, 5.74) is 0. The van der Waals surface area contributed by atoms with E-state index in [-0.39, 0.29) is 0 Å². The summed E-state index contributed by atoms with van der Waals surface area (Å²) in [5.74, 6) is 0. The van der Waals surface area contributed by atoms with Crippen molar-refractivity contribution in [2.75, 3.05) is 0 Å². The van der Waals surface area contributed by atoms with Crippen molar-refractivity contribution in [3.63, 3.8) is 0 Å². The van der Waals surface area contributed by atoms with Crippen LogP contribution < -0.4 is 0 Å². The topological polar surface area (TPSA) is 0 Å². The second-order valence-corrected chi connectivity index (χ2v) is 5.95. The Balaban J connectivity index is 2.31. The van der Waals surface area contributed by atoms with E-state index in [4.69, 9.17) is 0 Å². The predicted octanol–water partition coefficient (Wildman–Crippen LogP) is 4.27. The van der Waals surface area contributed by atoms with Gasteiger partial charge in [0, 0.05) is 4.32 Å². The highest BCUT2D eigenvalue weighted by molar-refractivity contribution is 9.10. The molecule has 1 fully saturated rings. The molecule has 1 aliphatic rings. The van der Waals surface area contributed by atoms with Crippen LogP contribution in [0.2, 0.25) is 0 Å². The van der Waals surface area contributed by atoms with Crippen molar-refractivity contribution >= 4 is 15.9 Å². The first-order chi connectivity index (χ1) is 5.21. The molecule has 1 aliphatic carbocycles. The molecular weight excluding hydrogens is 200 g/mol. The van der Waals surface area contributed by atoms with E-state index in [0.29, 0.717) is 4.32 Å². The van der Waals surface area contributed by atoms with Gasteiger partial charge in [0.15, 0.2) is 0 Å². The summed E-state index contributed by atoms with van der Waals surface area (Å²) in [6, 6.07) is 0. The summed E-state index contributed by atoms with van der Waals surface area (Å²) < 4.78 is 0.456. The zero-order valence-electron chi connectivity index (χ0n) is 7.53. The maximum absolute atomic E-state index is 3.81. The van der Waals surface area contributed by atoms with Gasteiger partial charge in [-0.1, -0.05) is 54.5 Å². The van der Waals surface area contributed by atoms with E-state index in [1.54, 1.807) is 0 Å². The maximum Gasteiger partial charge on any atom is 0.0229 e. The molecule has 1 rings (SSSR count). The Bertz CT molecular complexity index is 95.4. The molecule has 11 heavy (non-hydrogen) atoms. The van der Waals surface area contributed by atoms with Gasteiger partial charge >= 0.3 is 0 Å². The third-order valence-corrected chi connectivity index (χ3v) is 3.44. The van der Waals surface area contributed by atoms with Crippen LogP contribution in [0.25, 0.3) is 0 Å². The number of halogens is 1. The van der Waals surface area contributed by atoms with Crippen LogP contribution in [0.3, 0.4) is 0 Å². The highest BCUT2D eigenvalue weighted by atomic mass is 79.9. The van der Waals surface area contributed by atoms with Gasteiger partial charge in [0.2, 0.25) is 0 Å². The van der Waals surface area contributed by atoms with Crippen LogP contribution >= 0.6 is 15.9 Å². The number of hydrogen-bond donors (Lipinski definition) is 0. The lowest BCUT2D eigenvalue weighted by molar-refractivity contribution is 0.520. The summed E-state index contributed by atoms with van der Waals surface area (Å²) in [6.45, 7) is 2.35. The number of alkyl halides is 1. The molecule has 1 heteroatoms. The van der Waals surface area contributed by atoms with E-state index in [1.807, 2.05) is 0 Å². The Morgan fingerprint density at radius 1 is 0.818 bits per heavy atom. The van der Waals surface area contributed by atoms with E-state index in [9.17, 15) is 0 Å². The molecule has 0 bridgehead atoms. The van der Waals surface area contributed by atoms with Crippen LogP contribution in [0.5, 0.6) is 0 Å². The zero-order valence-corrected chi connectivity index (χ0v) is 9.12. The molecule has 0 spiro atoms. The second kappa shape index (κ2) is 4.49. The van der Waals surface area contributed by atoms with E-state index in [2.05, 4.69) is 22.9 Å². The highest BCUT2D eigenvalue weighted by Gasteiger charge is 2.19. The average Bonchev–Trinajstić information content (AvgIpc) is 2.00. The van der Waals surface area contributed by atoms with Crippen molar-refractivity contribution in [1.29, 1.82) is 0 Å². The summed E-state index contributed by atoms with van der Waals surface area (Å²) in [6.07, 6.45) is 11.4. The summed E-state index contributed by atoms with van der Waals surface area (Å²) in [4.78, 5) is 0. The van der Waals surface area contributed by atoms with Crippen LogP contribution in [0.1, 0.15) is 58.3 Å². The van der Waals surface area contributed by atoms with Crippen molar-refractivity contribution < 1.29 is 0 Å². The highest BCUT2D eigenvalue weighted by Crippen LogP contribution is 2.32. The Morgan fingerprint density at radius 2 is 1.18 bits per heavy atom. The minimum Gasteiger partial charge on any atom is -0.0856 e. The zero-order chi connectivity index (χ0) is 8.16. The normalized spacial score (nSPS) is 26.7. The number of rotatable bonds is 0. The fraction of sp³-hybridized carbons (Fsp3) is 1.00. The smallest absolute Gasteiger partial charge is 0.0229 e. The third kappa shape index (κ3) is 4.15. The van der Waals surface area contributed by atoms with Gasteiger partial charge in [-0.3, -0.25) is 0 Å². The summed E-state index contributed by atoms with van der Waals surface area (Å²) >= 11 is 3.81. The quantitative estimate of drug-likeness (QED) is 0.533. The van der Waals surface area contributed by atoms with Crippen molar-refractivity contribution in [3.05, 3.63) is 0 Å². The van der Waals surface area contributed by atoms with E-state index >= 15 is 0 Å². The lowest BCUT2D eigenvalue weighted by Crippen LogP contribution is -2.14. The van der Waals surface area contributed by atoms with E-state index in [1.165, 1.54) is 51.4 Å². The maximum atomic E-state index is 3.81. The molecule has 0 N–H and O–H groups in total. The second-order valence-electron chi connectivity index (χ2n) is 4.03. The van der Waals surface area contributed by atoms with Crippen molar-refractivity contribution in [1.82, 2.24) is 0 Å². The molecule has 0 aromatic rings. The third-order valence-electron chi connectivity index (χ3n) is 2.65.